The standard InChI is InChI=1S/C19H17N3O4S/c1-27-16-11-5-10-15(13-16)20-17(23)18(24)21-22-19(25)26-12-6-9-14-7-3-2-4-8-14/h2-5,7-8,10-11,13H,12H2,1H3,(H,20,23)(H,21,24)(H,22,25). The summed E-state index contributed by atoms with van der Waals surface area (Å²) < 4.78 is 4.77. The Kier molecular flexibility index (Phi) is 7.75. The van der Waals surface area contributed by atoms with E-state index >= 15 is 0 Å². The lowest BCUT2D eigenvalue weighted by molar-refractivity contribution is -0.136. The zero-order chi connectivity index (χ0) is 19.5. The summed E-state index contributed by atoms with van der Waals surface area (Å²) in [5, 5.41) is 2.43. The molecule has 3 amide bonds. The third-order valence-electron chi connectivity index (χ3n) is 3.09. The van der Waals surface area contributed by atoms with Crippen molar-refractivity contribution in [2.45, 2.75) is 4.90 Å². The van der Waals surface area contributed by atoms with Crippen LogP contribution in [0, 0.1) is 11.8 Å². The molecule has 0 aliphatic carbocycles. The van der Waals surface area contributed by atoms with Gasteiger partial charge in [0.2, 0.25) is 0 Å². The molecule has 27 heavy (non-hydrogen) atoms. The summed E-state index contributed by atoms with van der Waals surface area (Å²) in [7, 11) is 0. The topological polar surface area (TPSA) is 96.5 Å². The van der Waals surface area contributed by atoms with Crippen molar-refractivity contribution in [2.75, 3.05) is 18.2 Å². The highest BCUT2D eigenvalue weighted by Gasteiger charge is 2.15. The van der Waals surface area contributed by atoms with Gasteiger partial charge < -0.3 is 10.1 Å². The molecule has 2 aromatic carbocycles. The maximum Gasteiger partial charge on any atom is 0.427 e. The van der Waals surface area contributed by atoms with E-state index in [-0.39, 0.29) is 6.61 Å². The highest BCUT2D eigenvalue weighted by Crippen LogP contribution is 2.18. The molecule has 2 aromatic rings. The molecular weight excluding hydrogens is 366 g/mol. The van der Waals surface area contributed by atoms with Crippen molar-refractivity contribution in [1.82, 2.24) is 10.9 Å². The number of nitrogens with one attached hydrogen (secondary N) is 3. The normalized spacial score (nSPS) is 9.37. The van der Waals surface area contributed by atoms with Crippen molar-refractivity contribution in [1.29, 1.82) is 0 Å². The summed E-state index contributed by atoms with van der Waals surface area (Å²) in [6.45, 7) is -0.162. The van der Waals surface area contributed by atoms with E-state index in [4.69, 9.17) is 4.74 Å². The molecule has 0 bridgehead atoms. The molecular formula is C19H17N3O4S. The van der Waals surface area contributed by atoms with E-state index in [0.29, 0.717) is 5.69 Å². The number of rotatable bonds is 3. The molecule has 0 radical (unpaired) electrons. The van der Waals surface area contributed by atoms with E-state index in [0.717, 1.165) is 10.5 Å². The van der Waals surface area contributed by atoms with E-state index in [1.807, 2.05) is 53.5 Å². The fourth-order valence-corrected chi connectivity index (χ4v) is 2.31. The predicted octanol–water partition coefficient (Wildman–Crippen LogP) is 2.16. The van der Waals surface area contributed by atoms with Crippen LogP contribution in [0.4, 0.5) is 10.5 Å². The quantitative estimate of drug-likeness (QED) is 0.327. The second kappa shape index (κ2) is 10.5. The van der Waals surface area contributed by atoms with Gasteiger partial charge in [0.1, 0.15) is 0 Å². The first-order chi connectivity index (χ1) is 13.1. The van der Waals surface area contributed by atoms with Gasteiger partial charge in [0.25, 0.3) is 0 Å². The molecule has 0 aromatic heterocycles. The van der Waals surface area contributed by atoms with Crippen LogP contribution in [0.2, 0.25) is 0 Å². The Hall–Kier alpha value is -3.44. The van der Waals surface area contributed by atoms with E-state index in [1.165, 1.54) is 11.8 Å². The van der Waals surface area contributed by atoms with Crippen molar-refractivity contribution < 1.29 is 19.1 Å². The van der Waals surface area contributed by atoms with Crippen molar-refractivity contribution in [3.8, 4) is 11.8 Å². The second-order valence-corrected chi connectivity index (χ2v) is 5.89. The lowest BCUT2D eigenvalue weighted by Crippen LogP contribution is -2.46. The zero-order valence-electron chi connectivity index (χ0n) is 14.4. The highest BCUT2D eigenvalue weighted by atomic mass is 32.2. The number of benzene rings is 2. The smallest absolute Gasteiger partial charge is 0.427 e. The number of hydrazine groups is 1. The molecule has 3 N–H and O–H groups in total. The van der Waals surface area contributed by atoms with Crippen molar-refractivity contribution in [2.24, 2.45) is 0 Å². The Labute approximate surface area is 160 Å². The number of ether oxygens (including phenoxy) is 1. The van der Waals surface area contributed by atoms with Crippen molar-refractivity contribution in [3.63, 3.8) is 0 Å². The van der Waals surface area contributed by atoms with E-state index in [2.05, 4.69) is 17.2 Å². The molecule has 0 aliphatic heterocycles. The minimum atomic E-state index is -1.03. The summed E-state index contributed by atoms with van der Waals surface area (Å²) in [4.78, 5) is 35.9. The summed E-state index contributed by atoms with van der Waals surface area (Å²) >= 11 is 1.50. The Balaban J connectivity index is 1.71. The van der Waals surface area contributed by atoms with Crippen LogP contribution >= 0.6 is 11.8 Å². The summed E-state index contributed by atoms with van der Waals surface area (Å²) in [6, 6.07) is 16.2. The second-order valence-electron chi connectivity index (χ2n) is 5.01. The first-order valence-electron chi connectivity index (χ1n) is 7.80. The molecule has 7 nitrogen and oxygen atoms in total. The van der Waals surface area contributed by atoms with Crippen LogP contribution in [0.3, 0.4) is 0 Å². The third-order valence-corrected chi connectivity index (χ3v) is 3.82. The minimum absolute atomic E-state index is 0.162. The number of thioether (sulfide) groups is 1. The maximum absolute atomic E-state index is 11.8. The molecule has 0 spiro atoms. The minimum Gasteiger partial charge on any atom is -0.435 e. The van der Waals surface area contributed by atoms with Gasteiger partial charge in [-0.15, -0.1) is 11.8 Å². The van der Waals surface area contributed by atoms with Crippen LogP contribution in [0.1, 0.15) is 5.56 Å². The Bertz CT molecular complexity index is 875. The Morgan fingerprint density at radius 2 is 1.78 bits per heavy atom. The number of amides is 3. The third kappa shape index (κ3) is 7.13. The summed E-state index contributed by atoms with van der Waals surface area (Å²) in [5.41, 5.74) is 5.20. The number of carbonyl (C=O) groups excluding carboxylic acids is 3. The fraction of sp³-hybridized carbons (Fsp3) is 0.105. The van der Waals surface area contributed by atoms with Gasteiger partial charge in [0, 0.05) is 16.1 Å². The lowest BCUT2D eigenvalue weighted by atomic mass is 10.2. The molecule has 2 rings (SSSR count). The van der Waals surface area contributed by atoms with Gasteiger partial charge in [-0.05, 0) is 36.6 Å². The van der Waals surface area contributed by atoms with Crippen LogP contribution in [-0.2, 0) is 14.3 Å². The van der Waals surface area contributed by atoms with Crippen molar-refractivity contribution >= 4 is 35.4 Å². The number of hydrogen-bond acceptors (Lipinski definition) is 5. The van der Waals surface area contributed by atoms with Gasteiger partial charge in [-0.2, -0.15) is 0 Å². The van der Waals surface area contributed by atoms with Gasteiger partial charge in [-0.3, -0.25) is 15.0 Å². The molecule has 0 unspecified atom stereocenters. The number of anilines is 1. The molecule has 138 valence electrons. The molecule has 0 fully saturated rings. The van der Waals surface area contributed by atoms with E-state index in [9.17, 15) is 14.4 Å². The predicted molar refractivity (Wildman–Crippen MR) is 103 cm³/mol. The van der Waals surface area contributed by atoms with Crippen LogP contribution in [0.25, 0.3) is 0 Å². The Morgan fingerprint density at radius 3 is 2.52 bits per heavy atom. The van der Waals surface area contributed by atoms with Gasteiger partial charge in [-0.25, -0.2) is 10.2 Å². The van der Waals surface area contributed by atoms with Crippen LogP contribution in [0.5, 0.6) is 0 Å². The average molecular weight is 383 g/mol. The average Bonchev–Trinajstić information content (AvgIpc) is 2.70. The molecule has 0 atom stereocenters. The summed E-state index contributed by atoms with van der Waals surface area (Å²) in [6.07, 6.45) is 0.968. The molecule has 8 heteroatoms. The first-order valence-corrected chi connectivity index (χ1v) is 9.03. The lowest BCUT2D eigenvalue weighted by Gasteiger charge is -2.08. The van der Waals surface area contributed by atoms with Crippen LogP contribution in [-0.4, -0.2) is 30.8 Å². The molecule has 0 saturated heterocycles. The van der Waals surface area contributed by atoms with Crippen LogP contribution in [0.15, 0.2) is 59.5 Å². The SMILES string of the molecule is CSc1cccc(NC(=O)C(=O)NNC(=O)OCC#Cc2ccccc2)c1. The Morgan fingerprint density at radius 1 is 1.00 bits per heavy atom. The molecule has 0 saturated carbocycles. The van der Waals surface area contributed by atoms with E-state index in [1.54, 1.807) is 18.2 Å². The number of carbonyl (C=O) groups is 3. The van der Waals surface area contributed by atoms with Gasteiger partial charge in [0.15, 0.2) is 6.61 Å². The van der Waals surface area contributed by atoms with Gasteiger partial charge in [0.05, 0.1) is 0 Å². The molecule has 0 heterocycles. The number of hydrogen-bond donors (Lipinski definition) is 3. The zero-order valence-corrected chi connectivity index (χ0v) is 15.3. The van der Waals surface area contributed by atoms with Gasteiger partial charge in [-0.1, -0.05) is 36.1 Å². The first kappa shape index (κ1) is 19.9. The highest BCUT2D eigenvalue weighted by molar-refractivity contribution is 7.98. The fourth-order valence-electron chi connectivity index (χ4n) is 1.85. The van der Waals surface area contributed by atoms with Gasteiger partial charge >= 0.3 is 17.9 Å². The largest absolute Gasteiger partial charge is 0.435 e. The monoisotopic (exact) mass is 383 g/mol. The molecule has 0 aliphatic rings. The van der Waals surface area contributed by atoms with Crippen molar-refractivity contribution in [3.05, 3.63) is 60.2 Å². The summed E-state index contributed by atoms with van der Waals surface area (Å²) in [5.74, 6) is 3.52. The van der Waals surface area contributed by atoms with Crippen LogP contribution < -0.4 is 16.2 Å². The van der Waals surface area contributed by atoms with E-state index < -0.39 is 17.9 Å². The maximum atomic E-state index is 11.8.